The van der Waals surface area contributed by atoms with Crippen LogP contribution >= 0.6 is 0 Å². The molecule has 3 nitrogen and oxygen atoms in total. The fourth-order valence-electron chi connectivity index (χ4n) is 2.02. The first-order chi connectivity index (χ1) is 9.30. The van der Waals surface area contributed by atoms with Crippen molar-refractivity contribution in [2.75, 3.05) is 13.6 Å². The van der Waals surface area contributed by atoms with Gasteiger partial charge in [-0.05, 0) is 45.4 Å². The van der Waals surface area contributed by atoms with Crippen LogP contribution in [0.5, 0.6) is 0 Å². The van der Waals surface area contributed by atoms with E-state index in [4.69, 9.17) is 0 Å². The van der Waals surface area contributed by atoms with Crippen molar-refractivity contribution in [1.82, 2.24) is 15.2 Å². The number of nitrogens with one attached hydrogen (secondary N) is 1. The van der Waals surface area contributed by atoms with Gasteiger partial charge in [-0.15, -0.1) is 0 Å². The topological polar surface area (TPSA) is 28.2 Å². The smallest absolute Gasteiger partial charge is 0.0544 e. The Bertz CT molecular complexity index is 378. The summed E-state index contributed by atoms with van der Waals surface area (Å²) in [4.78, 5) is 6.92. The third-order valence-corrected chi connectivity index (χ3v) is 3.46. The van der Waals surface area contributed by atoms with E-state index in [1.54, 1.807) is 0 Å². The van der Waals surface area contributed by atoms with Crippen molar-refractivity contribution in [3.8, 4) is 0 Å². The average Bonchev–Trinajstić information content (AvgIpc) is 2.36. The fourth-order valence-corrected chi connectivity index (χ4v) is 2.02. The molecular weight excluding hydrogens is 246 g/mol. The van der Waals surface area contributed by atoms with Crippen molar-refractivity contribution in [2.24, 2.45) is 5.92 Å². The monoisotopic (exact) mass is 277 g/mol. The molecular formula is C17H31N3. The highest BCUT2D eigenvalue weighted by molar-refractivity contribution is 5.14. The molecule has 0 aliphatic carbocycles. The molecule has 1 aromatic rings. The molecule has 0 fully saturated rings. The van der Waals surface area contributed by atoms with E-state index >= 15 is 0 Å². The summed E-state index contributed by atoms with van der Waals surface area (Å²) in [6.07, 6.45) is 3.22. The van der Waals surface area contributed by atoms with E-state index in [0.717, 1.165) is 31.2 Å². The van der Waals surface area contributed by atoms with Crippen LogP contribution in [0.25, 0.3) is 0 Å². The summed E-state index contributed by atoms with van der Waals surface area (Å²) in [6.45, 7) is 14.0. The molecule has 0 spiro atoms. The normalized spacial score (nSPS) is 13.8. The number of aromatic nitrogens is 1. The molecule has 0 saturated heterocycles. The van der Waals surface area contributed by atoms with Gasteiger partial charge in [-0.3, -0.25) is 4.98 Å². The lowest BCUT2D eigenvalue weighted by atomic mass is 10.1. The molecule has 1 unspecified atom stereocenters. The first kappa shape index (κ1) is 17.1. The highest BCUT2D eigenvalue weighted by atomic mass is 15.1. The van der Waals surface area contributed by atoms with Crippen molar-refractivity contribution in [3.05, 3.63) is 29.6 Å². The van der Waals surface area contributed by atoms with Gasteiger partial charge in [0.1, 0.15) is 0 Å². The molecule has 1 heterocycles. The third kappa shape index (κ3) is 7.01. The Hall–Kier alpha value is -0.930. The van der Waals surface area contributed by atoms with Gasteiger partial charge in [-0.1, -0.05) is 26.3 Å². The lowest BCUT2D eigenvalue weighted by molar-refractivity contribution is 0.272. The Morgan fingerprint density at radius 3 is 2.50 bits per heavy atom. The summed E-state index contributed by atoms with van der Waals surface area (Å²) < 4.78 is 0. The standard InChI is InChI=1S/C17H31N3/c1-7-14(2)12-20(6)13-16-9-8-15(10-18-16)11-19-17(3,4)5/h8-10,14,19H,7,11-13H2,1-6H3. The zero-order valence-corrected chi connectivity index (χ0v) is 14.0. The van der Waals surface area contributed by atoms with Gasteiger partial charge in [0.25, 0.3) is 0 Å². The SMILES string of the molecule is CCC(C)CN(C)Cc1ccc(CNC(C)(C)C)cn1. The van der Waals surface area contributed by atoms with E-state index in [-0.39, 0.29) is 5.54 Å². The Labute approximate surface area is 124 Å². The minimum atomic E-state index is 0.148. The van der Waals surface area contributed by atoms with Crippen molar-refractivity contribution >= 4 is 0 Å². The number of hydrogen-bond acceptors (Lipinski definition) is 3. The van der Waals surface area contributed by atoms with Crippen LogP contribution in [0.1, 0.15) is 52.3 Å². The molecule has 0 radical (unpaired) electrons. The molecule has 1 rings (SSSR count). The van der Waals surface area contributed by atoms with Crippen LogP contribution in [0.3, 0.4) is 0 Å². The summed E-state index contributed by atoms with van der Waals surface area (Å²) in [5, 5.41) is 3.48. The number of hydrogen-bond donors (Lipinski definition) is 1. The van der Waals surface area contributed by atoms with Gasteiger partial charge < -0.3 is 10.2 Å². The summed E-state index contributed by atoms with van der Waals surface area (Å²) >= 11 is 0. The van der Waals surface area contributed by atoms with Crippen molar-refractivity contribution in [3.63, 3.8) is 0 Å². The van der Waals surface area contributed by atoms with Crippen molar-refractivity contribution < 1.29 is 0 Å². The molecule has 0 saturated carbocycles. The number of pyridine rings is 1. The van der Waals surface area contributed by atoms with E-state index in [1.165, 1.54) is 12.0 Å². The van der Waals surface area contributed by atoms with Gasteiger partial charge >= 0.3 is 0 Å². The highest BCUT2D eigenvalue weighted by Gasteiger charge is 2.09. The molecule has 0 bridgehead atoms. The van der Waals surface area contributed by atoms with Crippen LogP contribution < -0.4 is 5.32 Å². The quantitative estimate of drug-likeness (QED) is 0.827. The van der Waals surface area contributed by atoms with E-state index in [1.807, 2.05) is 6.20 Å². The third-order valence-electron chi connectivity index (χ3n) is 3.46. The van der Waals surface area contributed by atoms with Gasteiger partial charge in [-0.25, -0.2) is 0 Å². The van der Waals surface area contributed by atoms with Crippen LogP contribution in [0, 0.1) is 5.92 Å². The summed E-state index contributed by atoms with van der Waals surface area (Å²) in [6, 6.07) is 4.32. The second kappa shape index (κ2) is 7.75. The Balaban J connectivity index is 2.46. The predicted octanol–water partition coefficient (Wildman–Crippen LogP) is 3.45. The molecule has 20 heavy (non-hydrogen) atoms. The van der Waals surface area contributed by atoms with E-state index in [9.17, 15) is 0 Å². The summed E-state index contributed by atoms with van der Waals surface area (Å²) in [7, 11) is 2.17. The van der Waals surface area contributed by atoms with E-state index < -0.39 is 0 Å². The Morgan fingerprint density at radius 1 is 1.30 bits per heavy atom. The van der Waals surface area contributed by atoms with Crippen molar-refractivity contribution in [2.45, 2.75) is 59.7 Å². The minimum absolute atomic E-state index is 0.148. The lowest BCUT2D eigenvalue weighted by Crippen LogP contribution is -2.35. The number of rotatable bonds is 7. The first-order valence-electron chi connectivity index (χ1n) is 7.67. The van der Waals surface area contributed by atoms with E-state index in [0.29, 0.717) is 0 Å². The second-order valence-electron chi connectivity index (χ2n) is 6.97. The molecule has 3 heteroatoms. The molecule has 0 amide bonds. The zero-order chi connectivity index (χ0) is 15.2. The molecule has 1 atom stereocenters. The number of nitrogens with zero attached hydrogens (tertiary/aromatic N) is 2. The first-order valence-corrected chi connectivity index (χ1v) is 7.67. The molecule has 114 valence electrons. The largest absolute Gasteiger partial charge is 0.308 e. The Kier molecular flexibility index (Phi) is 6.63. The highest BCUT2D eigenvalue weighted by Crippen LogP contribution is 2.08. The van der Waals surface area contributed by atoms with Crippen LogP contribution in [0.4, 0.5) is 0 Å². The molecule has 0 aromatic carbocycles. The fraction of sp³-hybridized carbons (Fsp3) is 0.706. The molecule has 1 aromatic heterocycles. The molecule has 1 N–H and O–H groups in total. The van der Waals surface area contributed by atoms with Gasteiger partial charge in [0.2, 0.25) is 0 Å². The van der Waals surface area contributed by atoms with Gasteiger partial charge in [0.05, 0.1) is 5.69 Å². The van der Waals surface area contributed by atoms with Crippen molar-refractivity contribution in [1.29, 1.82) is 0 Å². The zero-order valence-electron chi connectivity index (χ0n) is 14.0. The van der Waals surface area contributed by atoms with Crippen LogP contribution in [-0.4, -0.2) is 29.0 Å². The summed E-state index contributed by atoms with van der Waals surface area (Å²) in [5.41, 5.74) is 2.54. The van der Waals surface area contributed by atoms with Gasteiger partial charge in [-0.2, -0.15) is 0 Å². The predicted molar refractivity (Wildman–Crippen MR) is 86.6 cm³/mol. The maximum absolute atomic E-state index is 4.57. The van der Waals surface area contributed by atoms with Gasteiger partial charge in [0, 0.05) is 31.4 Å². The van der Waals surface area contributed by atoms with Crippen LogP contribution in [-0.2, 0) is 13.1 Å². The molecule has 0 aliphatic heterocycles. The average molecular weight is 277 g/mol. The maximum atomic E-state index is 4.57. The molecule has 0 aliphatic rings. The minimum Gasteiger partial charge on any atom is -0.308 e. The Morgan fingerprint density at radius 2 is 2.00 bits per heavy atom. The lowest BCUT2D eigenvalue weighted by Gasteiger charge is -2.21. The van der Waals surface area contributed by atoms with Crippen LogP contribution in [0.2, 0.25) is 0 Å². The summed E-state index contributed by atoms with van der Waals surface area (Å²) in [5.74, 6) is 0.746. The maximum Gasteiger partial charge on any atom is 0.0544 e. The van der Waals surface area contributed by atoms with E-state index in [2.05, 4.69) is 69.0 Å². The van der Waals surface area contributed by atoms with Gasteiger partial charge in [0.15, 0.2) is 0 Å². The van der Waals surface area contributed by atoms with Crippen LogP contribution in [0.15, 0.2) is 18.3 Å². The second-order valence-corrected chi connectivity index (χ2v) is 6.97.